The van der Waals surface area contributed by atoms with Crippen molar-refractivity contribution in [2.24, 2.45) is 0 Å². The van der Waals surface area contributed by atoms with Crippen LogP contribution in [0.3, 0.4) is 0 Å². The molecule has 0 bridgehead atoms. The van der Waals surface area contributed by atoms with Crippen LogP contribution in [0.15, 0.2) is 30.3 Å². The molecule has 100 valence electrons. The summed E-state index contributed by atoms with van der Waals surface area (Å²) in [4.78, 5) is 0. The van der Waals surface area contributed by atoms with Crippen LogP contribution < -0.4 is 0 Å². The molecule has 18 heavy (non-hydrogen) atoms. The van der Waals surface area contributed by atoms with E-state index in [-0.39, 0.29) is 11.8 Å². The first-order valence-electron chi connectivity index (χ1n) is 6.66. The summed E-state index contributed by atoms with van der Waals surface area (Å²) in [7, 11) is -2.76. The molecular formula is C14H22NO2P. The molecule has 1 aromatic carbocycles. The molecule has 3 nitrogen and oxygen atoms in total. The Morgan fingerprint density at radius 1 is 1.44 bits per heavy atom. The van der Waals surface area contributed by atoms with E-state index in [9.17, 15) is 4.57 Å². The highest BCUT2D eigenvalue weighted by molar-refractivity contribution is 7.56. The van der Waals surface area contributed by atoms with Crippen LogP contribution in [-0.2, 0) is 9.09 Å². The maximum Gasteiger partial charge on any atom is 0.279 e. The lowest BCUT2D eigenvalue weighted by molar-refractivity contribution is 0.138. The summed E-state index contributed by atoms with van der Waals surface area (Å²) in [6.45, 7) is 7.71. The van der Waals surface area contributed by atoms with Crippen molar-refractivity contribution in [2.45, 2.75) is 39.0 Å². The fourth-order valence-electron chi connectivity index (χ4n) is 2.46. The standard InChI is InChI=1S/C14H22NO2P/c1-4-15-11-10-12(2)17-18(15,16)13(3)14-8-6-5-7-9-14/h5-9,12-13H,4,10-11H2,1-3H3/t12-,13+,18-/m0/s1. The molecule has 2 rings (SSSR count). The van der Waals surface area contributed by atoms with E-state index in [1.54, 1.807) is 0 Å². The van der Waals surface area contributed by atoms with Crippen LogP contribution in [0.4, 0.5) is 0 Å². The number of rotatable bonds is 3. The molecule has 0 saturated carbocycles. The van der Waals surface area contributed by atoms with Gasteiger partial charge >= 0.3 is 0 Å². The van der Waals surface area contributed by atoms with Gasteiger partial charge in [0.05, 0.1) is 11.8 Å². The lowest BCUT2D eigenvalue weighted by atomic mass is 10.2. The Kier molecular flexibility index (Phi) is 4.26. The fraction of sp³-hybridized carbons (Fsp3) is 0.571. The largest absolute Gasteiger partial charge is 0.314 e. The van der Waals surface area contributed by atoms with Crippen LogP contribution in [0, 0.1) is 0 Å². The molecule has 0 aliphatic carbocycles. The fourth-order valence-corrected chi connectivity index (χ4v) is 5.22. The van der Waals surface area contributed by atoms with Crippen LogP contribution in [0.5, 0.6) is 0 Å². The maximum absolute atomic E-state index is 13.2. The van der Waals surface area contributed by atoms with Crippen molar-refractivity contribution in [2.75, 3.05) is 13.1 Å². The molecule has 1 heterocycles. The number of benzene rings is 1. The van der Waals surface area contributed by atoms with Gasteiger partial charge in [0.15, 0.2) is 0 Å². The lowest BCUT2D eigenvalue weighted by Crippen LogP contribution is -2.33. The Hall–Kier alpha value is -0.630. The van der Waals surface area contributed by atoms with Crippen molar-refractivity contribution in [3.8, 4) is 0 Å². The Morgan fingerprint density at radius 3 is 2.72 bits per heavy atom. The van der Waals surface area contributed by atoms with Gasteiger partial charge in [-0.3, -0.25) is 4.57 Å². The normalized spacial score (nSPS) is 31.2. The minimum atomic E-state index is -2.76. The van der Waals surface area contributed by atoms with Crippen molar-refractivity contribution >= 4 is 7.52 Å². The molecule has 1 aromatic rings. The van der Waals surface area contributed by atoms with E-state index in [1.165, 1.54) is 0 Å². The van der Waals surface area contributed by atoms with Crippen LogP contribution in [0.1, 0.15) is 38.4 Å². The average Bonchev–Trinajstić information content (AvgIpc) is 2.39. The second-order valence-corrected chi connectivity index (χ2v) is 7.58. The molecule has 4 heteroatoms. The summed E-state index contributed by atoms with van der Waals surface area (Å²) in [6.07, 6.45) is 1.05. The van der Waals surface area contributed by atoms with E-state index in [4.69, 9.17) is 4.52 Å². The van der Waals surface area contributed by atoms with Crippen molar-refractivity contribution < 1.29 is 9.09 Å². The zero-order chi connectivity index (χ0) is 13.2. The SMILES string of the molecule is CCN1CC[C@H](C)O[P@@]1(=O)[C@H](C)c1ccccc1. The molecule has 0 radical (unpaired) electrons. The van der Waals surface area contributed by atoms with E-state index >= 15 is 0 Å². The zero-order valence-electron chi connectivity index (χ0n) is 11.4. The second kappa shape index (κ2) is 5.56. The summed E-state index contributed by atoms with van der Waals surface area (Å²) in [5.74, 6) is 0. The van der Waals surface area contributed by atoms with Gasteiger partial charge in [0.25, 0.3) is 7.52 Å². The topological polar surface area (TPSA) is 29.5 Å². The van der Waals surface area contributed by atoms with Gasteiger partial charge in [0.2, 0.25) is 0 Å². The van der Waals surface area contributed by atoms with Gasteiger partial charge in [-0.05, 0) is 25.8 Å². The molecule has 1 aliphatic rings. The Balaban J connectivity index is 2.30. The second-order valence-electron chi connectivity index (χ2n) is 4.90. The minimum Gasteiger partial charge on any atom is -0.314 e. The first-order valence-corrected chi connectivity index (χ1v) is 8.31. The highest BCUT2D eigenvalue weighted by atomic mass is 31.2. The lowest BCUT2D eigenvalue weighted by Gasteiger charge is -2.40. The minimum absolute atomic E-state index is 0.0681. The van der Waals surface area contributed by atoms with Gasteiger partial charge in [-0.1, -0.05) is 37.3 Å². The molecule has 0 N–H and O–H groups in total. The summed E-state index contributed by atoms with van der Waals surface area (Å²) < 4.78 is 21.1. The van der Waals surface area contributed by atoms with Gasteiger partial charge in [0.1, 0.15) is 0 Å². The molecule has 3 atom stereocenters. The predicted octanol–water partition coefficient (Wildman–Crippen LogP) is 4.07. The van der Waals surface area contributed by atoms with Crippen molar-refractivity contribution in [3.05, 3.63) is 35.9 Å². The Morgan fingerprint density at radius 2 is 2.11 bits per heavy atom. The summed E-state index contributed by atoms with van der Waals surface area (Å²) in [5.41, 5.74) is 1.02. The third-order valence-electron chi connectivity index (χ3n) is 3.66. The number of hydrogen-bond donors (Lipinski definition) is 0. The van der Waals surface area contributed by atoms with Crippen LogP contribution >= 0.6 is 7.52 Å². The van der Waals surface area contributed by atoms with Gasteiger partial charge in [-0.2, -0.15) is 0 Å². The molecule has 0 spiro atoms. The summed E-state index contributed by atoms with van der Waals surface area (Å²) in [6, 6.07) is 10.0. The van der Waals surface area contributed by atoms with Crippen LogP contribution in [0.2, 0.25) is 0 Å². The van der Waals surface area contributed by atoms with Crippen LogP contribution in [-0.4, -0.2) is 23.9 Å². The molecular weight excluding hydrogens is 245 g/mol. The summed E-state index contributed by atoms with van der Waals surface area (Å²) in [5, 5.41) is 0. The van der Waals surface area contributed by atoms with E-state index in [2.05, 4.69) is 0 Å². The molecule has 0 amide bonds. The van der Waals surface area contributed by atoms with Gasteiger partial charge in [-0.25, -0.2) is 4.67 Å². The highest BCUT2D eigenvalue weighted by Gasteiger charge is 2.42. The van der Waals surface area contributed by atoms with Crippen molar-refractivity contribution in [1.82, 2.24) is 4.67 Å². The van der Waals surface area contributed by atoms with Gasteiger partial charge in [-0.15, -0.1) is 0 Å². The summed E-state index contributed by atoms with van der Waals surface area (Å²) >= 11 is 0. The molecule has 1 saturated heterocycles. The van der Waals surface area contributed by atoms with Gasteiger partial charge < -0.3 is 4.52 Å². The van der Waals surface area contributed by atoms with Crippen molar-refractivity contribution in [3.63, 3.8) is 0 Å². The van der Waals surface area contributed by atoms with Crippen molar-refractivity contribution in [1.29, 1.82) is 0 Å². The molecule has 0 aromatic heterocycles. The maximum atomic E-state index is 13.2. The molecule has 1 fully saturated rings. The first-order chi connectivity index (χ1) is 8.58. The Bertz CT molecular complexity index is 435. The number of hydrogen-bond acceptors (Lipinski definition) is 2. The van der Waals surface area contributed by atoms with Crippen LogP contribution in [0.25, 0.3) is 0 Å². The predicted molar refractivity (Wildman–Crippen MR) is 74.9 cm³/mol. The van der Waals surface area contributed by atoms with E-state index < -0.39 is 7.52 Å². The Labute approximate surface area is 110 Å². The van der Waals surface area contributed by atoms with E-state index in [0.717, 1.165) is 25.1 Å². The smallest absolute Gasteiger partial charge is 0.279 e. The average molecular weight is 267 g/mol. The first kappa shape index (κ1) is 13.8. The molecule has 0 unspecified atom stereocenters. The number of nitrogens with zero attached hydrogens (tertiary/aromatic N) is 1. The highest BCUT2D eigenvalue weighted by Crippen LogP contribution is 2.64. The quantitative estimate of drug-likeness (QED) is 0.773. The molecule has 1 aliphatic heterocycles. The third-order valence-corrected chi connectivity index (χ3v) is 6.87. The van der Waals surface area contributed by atoms with E-state index in [0.29, 0.717) is 0 Å². The van der Waals surface area contributed by atoms with E-state index in [1.807, 2.05) is 55.8 Å². The third kappa shape index (κ3) is 2.54. The van der Waals surface area contributed by atoms with Gasteiger partial charge in [0, 0.05) is 13.1 Å². The zero-order valence-corrected chi connectivity index (χ0v) is 12.3. The monoisotopic (exact) mass is 267 g/mol.